The fourth-order valence-corrected chi connectivity index (χ4v) is 1.23. The molecule has 0 aliphatic heterocycles. The molecular weight excluding hydrogens is 228 g/mol. The standard InChI is InChI=1S/C8H4ClF2N3O/c9-7(15)5-3(1-12)6(8(10)11)14-2-4(5)13/h2,8H,13H2. The van der Waals surface area contributed by atoms with Crippen molar-refractivity contribution in [3.8, 4) is 6.07 Å². The minimum atomic E-state index is -2.96. The summed E-state index contributed by atoms with van der Waals surface area (Å²) in [7, 11) is 0. The molecule has 0 saturated carbocycles. The number of nitrogens with zero attached hydrogens (tertiary/aromatic N) is 2. The highest BCUT2D eigenvalue weighted by Gasteiger charge is 2.23. The minimum Gasteiger partial charge on any atom is -0.397 e. The van der Waals surface area contributed by atoms with E-state index in [9.17, 15) is 13.6 Å². The fourth-order valence-electron chi connectivity index (χ4n) is 1.03. The molecule has 4 nitrogen and oxygen atoms in total. The molecule has 78 valence electrons. The Labute approximate surface area is 88.3 Å². The highest BCUT2D eigenvalue weighted by atomic mass is 35.5. The lowest BCUT2D eigenvalue weighted by atomic mass is 10.1. The molecule has 0 bridgehead atoms. The summed E-state index contributed by atoms with van der Waals surface area (Å²) in [6.07, 6.45) is -2.09. The third-order valence-corrected chi connectivity index (χ3v) is 1.84. The zero-order valence-corrected chi connectivity index (χ0v) is 7.92. The van der Waals surface area contributed by atoms with Gasteiger partial charge in [-0.1, -0.05) is 0 Å². The number of hydrogen-bond donors (Lipinski definition) is 1. The number of alkyl halides is 2. The summed E-state index contributed by atoms with van der Waals surface area (Å²) < 4.78 is 24.8. The van der Waals surface area contributed by atoms with E-state index in [0.717, 1.165) is 6.20 Å². The Kier molecular flexibility index (Phi) is 3.17. The molecular formula is C8H4ClF2N3O. The van der Waals surface area contributed by atoms with Gasteiger partial charge in [0.05, 0.1) is 23.0 Å². The van der Waals surface area contributed by atoms with Gasteiger partial charge in [-0.05, 0) is 11.6 Å². The van der Waals surface area contributed by atoms with Crippen LogP contribution in [0.15, 0.2) is 6.20 Å². The molecule has 0 radical (unpaired) electrons. The maximum atomic E-state index is 12.4. The fraction of sp³-hybridized carbons (Fsp3) is 0.125. The number of carbonyl (C=O) groups excluding carboxylic acids is 1. The van der Waals surface area contributed by atoms with Gasteiger partial charge in [0.15, 0.2) is 0 Å². The van der Waals surface area contributed by atoms with E-state index in [4.69, 9.17) is 22.6 Å². The molecule has 15 heavy (non-hydrogen) atoms. The number of anilines is 1. The zero-order valence-electron chi connectivity index (χ0n) is 7.17. The van der Waals surface area contributed by atoms with E-state index in [-0.39, 0.29) is 5.69 Å². The Morgan fingerprint density at radius 1 is 1.67 bits per heavy atom. The predicted octanol–water partition coefficient (Wildman–Crippen LogP) is 1.85. The average molecular weight is 232 g/mol. The van der Waals surface area contributed by atoms with Gasteiger partial charge >= 0.3 is 0 Å². The molecule has 0 amide bonds. The van der Waals surface area contributed by atoms with Gasteiger partial charge in [-0.15, -0.1) is 0 Å². The SMILES string of the molecule is N#Cc1c(C(F)F)ncc(N)c1C(=O)Cl. The van der Waals surface area contributed by atoms with E-state index >= 15 is 0 Å². The largest absolute Gasteiger partial charge is 0.397 e. The monoisotopic (exact) mass is 231 g/mol. The van der Waals surface area contributed by atoms with E-state index in [1.54, 1.807) is 0 Å². The van der Waals surface area contributed by atoms with Crippen molar-refractivity contribution in [2.75, 3.05) is 5.73 Å². The number of nitrogen functional groups attached to an aromatic ring is 1. The van der Waals surface area contributed by atoms with Crippen LogP contribution >= 0.6 is 11.6 Å². The number of nitrogens with two attached hydrogens (primary N) is 1. The van der Waals surface area contributed by atoms with Crippen LogP contribution in [0, 0.1) is 11.3 Å². The molecule has 0 fully saturated rings. The Morgan fingerprint density at radius 2 is 2.27 bits per heavy atom. The first-order chi connectivity index (χ1) is 6.99. The smallest absolute Gasteiger partial charge is 0.281 e. The number of carbonyl (C=O) groups is 1. The summed E-state index contributed by atoms with van der Waals surface area (Å²) in [4.78, 5) is 14.2. The summed E-state index contributed by atoms with van der Waals surface area (Å²) in [6.45, 7) is 0. The van der Waals surface area contributed by atoms with Gasteiger partial charge in [-0.2, -0.15) is 5.26 Å². The third-order valence-electron chi connectivity index (χ3n) is 1.65. The maximum absolute atomic E-state index is 12.4. The van der Waals surface area contributed by atoms with Crippen LogP contribution in [0.1, 0.15) is 28.0 Å². The number of rotatable bonds is 2. The second-order valence-electron chi connectivity index (χ2n) is 2.53. The lowest BCUT2D eigenvalue weighted by Gasteiger charge is -2.06. The Bertz CT molecular complexity index is 456. The molecule has 0 aromatic carbocycles. The number of hydrogen-bond acceptors (Lipinski definition) is 4. The molecule has 7 heteroatoms. The van der Waals surface area contributed by atoms with Crippen LogP contribution in [0.5, 0.6) is 0 Å². The predicted molar refractivity (Wildman–Crippen MR) is 48.5 cm³/mol. The van der Waals surface area contributed by atoms with Crippen molar-refractivity contribution in [2.24, 2.45) is 0 Å². The Balaban J connectivity index is 3.56. The first kappa shape index (κ1) is 11.3. The lowest BCUT2D eigenvalue weighted by Crippen LogP contribution is -2.07. The molecule has 0 aliphatic carbocycles. The summed E-state index contributed by atoms with van der Waals surface area (Å²) in [5, 5.41) is 7.57. The zero-order chi connectivity index (χ0) is 11.6. The van der Waals surface area contributed by atoms with Crippen LogP contribution in [0.4, 0.5) is 14.5 Å². The molecule has 1 aromatic rings. The molecule has 0 unspecified atom stereocenters. The second kappa shape index (κ2) is 4.19. The number of pyridine rings is 1. The molecule has 0 saturated heterocycles. The summed E-state index contributed by atoms with van der Waals surface area (Å²) >= 11 is 5.13. The first-order valence-electron chi connectivity index (χ1n) is 3.65. The van der Waals surface area contributed by atoms with Crippen molar-refractivity contribution in [2.45, 2.75) is 6.43 Å². The van der Waals surface area contributed by atoms with Crippen molar-refractivity contribution in [3.63, 3.8) is 0 Å². The van der Waals surface area contributed by atoms with Crippen molar-refractivity contribution < 1.29 is 13.6 Å². The van der Waals surface area contributed by atoms with Crippen LogP contribution in [0.2, 0.25) is 0 Å². The summed E-state index contributed by atoms with van der Waals surface area (Å²) in [5.41, 5.74) is 3.30. The highest BCUT2D eigenvalue weighted by molar-refractivity contribution is 6.68. The summed E-state index contributed by atoms with van der Waals surface area (Å²) in [6, 6.07) is 1.44. The van der Waals surface area contributed by atoms with E-state index in [2.05, 4.69) is 4.98 Å². The minimum absolute atomic E-state index is 0.198. The first-order valence-corrected chi connectivity index (χ1v) is 4.03. The van der Waals surface area contributed by atoms with Gasteiger partial charge in [0.25, 0.3) is 11.7 Å². The van der Waals surface area contributed by atoms with Crippen LogP contribution < -0.4 is 5.73 Å². The molecule has 0 spiro atoms. The van der Waals surface area contributed by atoms with Gasteiger partial charge in [0.2, 0.25) is 0 Å². The van der Waals surface area contributed by atoms with Crippen LogP contribution in [0.25, 0.3) is 0 Å². The average Bonchev–Trinajstić information content (AvgIpc) is 2.15. The lowest BCUT2D eigenvalue weighted by molar-refractivity contribution is 0.108. The maximum Gasteiger partial charge on any atom is 0.281 e. The Morgan fingerprint density at radius 3 is 2.67 bits per heavy atom. The highest BCUT2D eigenvalue weighted by Crippen LogP contribution is 2.27. The van der Waals surface area contributed by atoms with E-state index in [1.807, 2.05) is 0 Å². The van der Waals surface area contributed by atoms with Crippen LogP contribution in [-0.4, -0.2) is 10.2 Å². The van der Waals surface area contributed by atoms with Crippen molar-refractivity contribution >= 4 is 22.5 Å². The van der Waals surface area contributed by atoms with Crippen LogP contribution in [0.3, 0.4) is 0 Å². The van der Waals surface area contributed by atoms with Crippen molar-refractivity contribution in [1.29, 1.82) is 5.26 Å². The molecule has 1 rings (SSSR count). The molecule has 0 aliphatic rings. The number of halogens is 3. The molecule has 1 heterocycles. The van der Waals surface area contributed by atoms with Gasteiger partial charge < -0.3 is 5.73 Å². The van der Waals surface area contributed by atoms with Gasteiger partial charge in [-0.25, -0.2) is 8.78 Å². The topological polar surface area (TPSA) is 79.8 Å². The summed E-state index contributed by atoms with van der Waals surface area (Å²) in [5.74, 6) is 0. The van der Waals surface area contributed by atoms with Gasteiger partial charge in [-0.3, -0.25) is 9.78 Å². The molecule has 0 atom stereocenters. The van der Waals surface area contributed by atoms with E-state index < -0.39 is 28.5 Å². The Hall–Kier alpha value is -1.74. The molecule has 1 aromatic heterocycles. The van der Waals surface area contributed by atoms with Crippen molar-refractivity contribution in [3.05, 3.63) is 23.0 Å². The number of nitriles is 1. The third kappa shape index (κ3) is 2.02. The van der Waals surface area contributed by atoms with Gasteiger partial charge in [0.1, 0.15) is 11.8 Å². The normalized spacial score (nSPS) is 10.1. The second-order valence-corrected chi connectivity index (χ2v) is 2.88. The van der Waals surface area contributed by atoms with Crippen LogP contribution in [-0.2, 0) is 0 Å². The quantitative estimate of drug-likeness (QED) is 0.788. The van der Waals surface area contributed by atoms with E-state index in [1.165, 1.54) is 6.07 Å². The van der Waals surface area contributed by atoms with E-state index in [0.29, 0.717) is 0 Å². The molecule has 2 N–H and O–H groups in total. The van der Waals surface area contributed by atoms with Crippen molar-refractivity contribution in [1.82, 2.24) is 4.98 Å². The number of aromatic nitrogens is 1. The van der Waals surface area contributed by atoms with Gasteiger partial charge in [0, 0.05) is 0 Å².